The Hall–Kier alpha value is -2.42. The van der Waals surface area contributed by atoms with E-state index < -0.39 is 4.92 Å². The van der Waals surface area contributed by atoms with Crippen LogP contribution in [0.5, 0.6) is 0 Å². The summed E-state index contributed by atoms with van der Waals surface area (Å²) in [5.74, 6) is -0.211. The molecule has 0 fully saturated rings. The molecule has 0 aliphatic rings. The van der Waals surface area contributed by atoms with E-state index in [1.165, 1.54) is 36.0 Å². The van der Waals surface area contributed by atoms with Crippen molar-refractivity contribution in [2.45, 2.75) is 17.3 Å². The van der Waals surface area contributed by atoms with Crippen LogP contribution in [0.4, 0.5) is 11.4 Å². The fourth-order valence-corrected chi connectivity index (χ4v) is 2.29. The largest absolute Gasteiger partial charge is 0.325 e. The maximum absolute atomic E-state index is 12.0. The van der Waals surface area contributed by atoms with Crippen LogP contribution in [0, 0.1) is 10.1 Å². The van der Waals surface area contributed by atoms with Gasteiger partial charge in [-0.1, -0.05) is 11.8 Å². The van der Waals surface area contributed by atoms with E-state index in [0.29, 0.717) is 10.8 Å². The summed E-state index contributed by atoms with van der Waals surface area (Å²) in [5, 5.41) is 21.2. The van der Waals surface area contributed by atoms with Crippen molar-refractivity contribution in [2.24, 2.45) is 7.05 Å². The van der Waals surface area contributed by atoms with Crippen LogP contribution in [0.25, 0.3) is 0 Å². The fourth-order valence-electron chi connectivity index (χ4n) is 1.50. The molecule has 0 saturated carbocycles. The maximum Gasteiger partial charge on any atom is 0.269 e. The summed E-state index contributed by atoms with van der Waals surface area (Å²) in [7, 11) is 1.79. The molecule has 0 bridgehead atoms. The van der Waals surface area contributed by atoms with Crippen molar-refractivity contribution in [3.8, 4) is 0 Å². The van der Waals surface area contributed by atoms with Crippen LogP contribution in [0.15, 0.2) is 35.7 Å². The molecule has 2 aromatic rings. The summed E-state index contributed by atoms with van der Waals surface area (Å²) in [6.45, 7) is 1.75. The number of nitrogens with one attached hydrogen (secondary N) is 1. The predicted molar refractivity (Wildman–Crippen MR) is 78.0 cm³/mol. The number of nitrogens with zero attached hydrogens (tertiary/aromatic N) is 4. The molecule has 0 aliphatic heterocycles. The van der Waals surface area contributed by atoms with Gasteiger partial charge in [0, 0.05) is 24.9 Å². The molecule has 8 nitrogen and oxygen atoms in total. The van der Waals surface area contributed by atoms with E-state index in [-0.39, 0.29) is 16.8 Å². The minimum atomic E-state index is -0.488. The summed E-state index contributed by atoms with van der Waals surface area (Å²) in [4.78, 5) is 22.1. The molecule has 2 rings (SSSR count). The average molecular weight is 307 g/mol. The van der Waals surface area contributed by atoms with E-state index in [4.69, 9.17) is 0 Å². The van der Waals surface area contributed by atoms with Gasteiger partial charge >= 0.3 is 0 Å². The highest BCUT2D eigenvalue weighted by atomic mass is 32.2. The molecular formula is C12H13N5O3S. The van der Waals surface area contributed by atoms with Gasteiger partial charge in [-0.3, -0.25) is 14.9 Å². The summed E-state index contributed by atoms with van der Waals surface area (Å²) in [5.41, 5.74) is 0.491. The Kier molecular flexibility index (Phi) is 4.53. The monoisotopic (exact) mass is 307 g/mol. The minimum Gasteiger partial charge on any atom is -0.325 e. The van der Waals surface area contributed by atoms with Crippen LogP contribution < -0.4 is 5.32 Å². The first-order valence-electron chi connectivity index (χ1n) is 6.03. The van der Waals surface area contributed by atoms with E-state index in [0.717, 1.165) is 0 Å². The molecular weight excluding hydrogens is 294 g/mol. The van der Waals surface area contributed by atoms with E-state index in [9.17, 15) is 14.9 Å². The highest BCUT2D eigenvalue weighted by Crippen LogP contribution is 2.22. The van der Waals surface area contributed by atoms with Gasteiger partial charge in [0.1, 0.15) is 6.33 Å². The van der Waals surface area contributed by atoms with Gasteiger partial charge < -0.3 is 9.88 Å². The Bertz CT molecular complexity index is 655. The van der Waals surface area contributed by atoms with E-state index >= 15 is 0 Å². The number of non-ortho nitro benzene ring substituents is 1. The zero-order valence-corrected chi connectivity index (χ0v) is 12.2. The topological polar surface area (TPSA) is 103 Å². The minimum absolute atomic E-state index is 0.0190. The molecule has 21 heavy (non-hydrogen) atoms. The number of nitro benzene ring substituents is 1. The lowest BCUT2D eigenvalue weighted by Gasteiger charge is -2.11. The second-order valence-corrected chi connectivity index (χ2v) is 5.59. The average Bonchev–Trinajstić information content (AvgIpc) is 2.84. The fraction of sp³-hybridized carbons (Fsp3) is 0.250. The first-order chi connectivity index (χ1) is 9.97. The molecule has 0 radical (unpaired) electrons. The molecule has 9 heteroatoms. The summed E-state index contributed by atoms with van der Waals surface area (Å²) in [6.07, 6.45) is 1.56. The molecule has 0 aliphatic carbocycles. The van der Waals surface area contributed by atoms with Crippen LogP contribution >= 0.6 is 11.8 Å². The van der Waals surface area contributed by atoms with Gasteiger partial charge in [0.2, 0.25) is 5.91 Å². The van der Waals surface area contributed by atoms with Crippen molar-refractivity contribution in [1.82, 2.24) is 14.8 Å². The van der Waals surface area contributed by atoms with Gasteiger partial charge in [-0.15, -0.1) is 10.2 Å². The number of anilines is 1. The smallest absolute Gasteiger partial charge is 0.269 e. The summed E-state index contributed by atoms with van der Waals surface area (Å²) >= 11 is 1.28. The zero-order chi connectivity index (χ0) is 15.4. The van der Waals surface area contributed by atoms with Crippen LogP contribution in [-0.2, 0) is 11.8 Å². The van der Waals surface area contributed by atoms with Gasteiger partial charge in [0.25, 0.3) is 5.69 Å². The van der Waals surface area contributed by atoms with Gasteiger partial charge in [-0.2, -0.15) is 0 Å². The number of carbonyl (C=O) groups excluding carboxylic acids is 1. The Labute approximate surface area is 124 Å². The Morgan fingerprint density at radius 3 is 2.62 bits per heavy atom. The first-order valence-corrected chi connectivity index (χ1v) is 6.91. The van der Waals surface area contributed by atoms with Crippen molar-refractivity contribution >= 4 is 29.0 Å². The molecule has 110 valence electrons. The van der Waals surface area contributed by atoms with Crippen LogP contribution in [0.1, 0.15) is 6.92 Å². The van der Waals surface area contributed by atoms with Crippen LogP contribution in [0.2, 0.25) is 0 Å². The van der Waals surface area contributed by atoms with Crippen molar-refractivity contribution in [1.29, 1.82) is 0 Å². The predicted octanol–water partition coefficient (Wildman–Crippen LogP) is 1.84. The molecule has 0 saturated heterocycles. The third-order valence-corrected chi connectivity index (χ3v) is 3.82. The standard InChI is InChI=1S/C12H13N5O3S/c1-8(21-12-15-13-7-16(12)2)11(18)14-9-3-5-10(6-4-9)17(19)20/h3-8H,1-2H3,(H,14,18)/t8-/m0/s1. The molecule has 1 aromatic heterocycles. The first kappa shape index (κ1) is 15.0. The maximum atomic E-state index is 12.0. The quantitative estimate of drug-likeness (QED) is 0.513. The lowest BCUT2D eigenvalue weighted by Crippen LogP contribution is -2.22. The molecule has 0 spiro atoms. The number of thioether (sulfide) groups is 1. The number of aryl methyl sites for hydroxylation is 1. The Morgan fingerprint density at radius 1 is 1.43 bits per heavy atom. The summed E-state index contributed by atoms with van der Waals surface area (Å²) in [6, 6.07) is 5.68. The Morgan fingerprint density at radius 2 is 2.10 bits per heavy atom. The van der Waals surface area contributed by atoms with Gasteiger partial charge in [0.05, 0.1) is 10.2 Å². The number of hydrogen-bond acceptors (Lipinski definition) is 6. The van der Waals surface area contributed by atoms with Crippen molar-refractivity contribution in [3.63, 3.8) is 0 Å². The third-order valence-electron chi connectivity index (χ3n) is 2.67. The normalized spacial score (nSPS) is 11.9. The molecule has 1 amide bonds. The molecule has 1 N–H and O–H groups in total. The van der Waals surface area contributed by atoms with Gasteiger partial charge in [-0.25, -0.2) is 0 Å². The van der Waals surface area contributed by atoms with Crippen molar-refractivity contribution in [3.05, 3.63) is 40.7 Å². The number of hydrogen-bond donors (Lipinski definition) is 1. The lowest BCUT2D eigenvalue weighted by atomic mass is 10.3. The number of amides is 1. The van der Waals surface area contributed by atoms with E-state index in [1.54, 1.807) is 24.9 Å². The van der Waals surface area contributed by atoms with Crippen LogP contribution in [-0.4, -0.2) is 30.8 Å². The summed E-state index contributed by atoms with van der Waals surface area (Å²) < 4.78 is 1.72. The second kappa shape index (κ2) is 6.35. The highest BCUT2D eigenvalue weighted by molar-refractivity contribution is 8.00. The SMILES string of the molecule is C[C@H](Sc1nncn1C)C(=O)Nc1ccc([N+](=O)[O-])cc1. The number of rotatable bonds is 5. The highest BCUT2D eigenvalue weighted by Gasteiger charge is 2.17. The number of nitro groups is 1. The van der Waals surface area contributed by atoms with Crippen molar-refractivity contribution in [2.75, 3.05) is 5.32 Å². The number of carbonyl (C=O) groups is 1. The van der Waals surface area contributed by atoms with E-state index in [1.807, 2.05) is 0 Å². The molecule has 1 aromatic carbocycles. The number of benzene rings is 1. The van der Waals surface area contributed by atoms with E-state index in [2.05, 4.69) is 15.5 Å². The third kappa shape index (κ3) is 3.78. The van der Waals surface area contributed by atoms with Gasteiger partial charge in [0.15, 0.2) is 5.16 Å². The van der Waals surface area contributed by atoms with Crippen LogP contribution in [0.3, 0.4) is 0 Å². The molecule has 0 unspecified atom stereocenters. The zero-order valence-electron chi connectivity index (χ0n) is 11.4. The van der Waals surface area contributed by atoms with Crippen molar-refractivity contribution < 1.29 is 9.72 Å². The lowest BCUT2D eigenvalue weighted by molar-refractivity contribution is -0.384. The Balaban J connectivity index is 1.97. The molecule has 1 atom stereocenters. The van der Waals surface area contributed by atoms with Gasteiger partial charge in [-0.05, 0) is 19.1 Å². The molecule has 1 heterocycles. The number of aromatic nitrogens is 3. The second-order valence-electron chi connectivity index (χ2n) is 4.28.